The summed E-state index contributed by atoms with van der Waals surface area (Å²) in [7, 11) is 0. The third kappa shape index (κ3) is 2.02. The molecule has 2 rings (SSSR count). The van der Waals surface area contributed by atoms with Crippen molar-refractivity contribution < 1.29 is 0 Å². The Hall–Kier alpha value is -1.38. The van der Waals surface area contributed by atoms with Crippen molar-refractivity contribution in [3.05, 3.63) is 31.6 Å². The molecule has 7 heteroatoms. The molecule has 0 spiro atoms. The van der Waals surface area contributed by atoms with Crippen LogP contribution in [-0.4, -0.2) is 19.7 Å². The smallest absolute Gasteiger partial charge is 0.266 e. The van der Waals surface area contributed by atoms with E-state index in [-0.39, 0.29) is 5.56 Å². The van der Waals surface area contributed by atoms with Crippen LogP contribution in [0, 0.1) is 3.57 Å². The molecule has 0 aliphatic rings. The largest absolute Gasteiger partial charge is 0.396 e. The summed E-state index contributed by atoms with van der Waals surface area (Å²) in [6.45, 7) is 4.00. The standard InChI is InChI=1S/C11H14IN5O/c1-3-6-9(13)7(4-2)17(16-6)10-8(12)11(18)15-5-14-10/h5H,3-4,13H2,1-2H3,(H,14,15,18). The van der Waals surface area contributed by atoms with Gasteiger partial charge < -0.3 is 10.7 Å². The van der Waals surface area contributed by atoms with E-state index in [4.69, 9.17) is 5.73 Å². The van der Waals surface area contributed by atoms with E-state index in [0.29, 0.717) is 15.1 Å². The van der Waals surface area contributed by atoms with Crippen LogP contribution in [0.25, 0.3) is 5.82 Å². The molecule has 3 N–H and O–H groups in total. The quantitative estimate of drug-likeness (QED) is 0.808. The van der Waals surface area contributed by atoms with Crippen molar-refractivity contribution in [3.8, 4) is 5.82 Å². The van der Waals surface area contributed by atoms with E-state index in [1.807, 2.05) is 36.4 Å². The summed E-state index contributed by atoms with van der Waals surface area (Å²) < 4.78 is 2.18. The minimum atomic E-state index is -0.172. The van der Waals surface area contributed by atoms with E-state index in [9.17, 15) is 4.79 Å². The van der Waals surface area contributed by atoms with Crippen LogP contribution in [0.1, 0.15) is 25.2 Å². The highest BCUT2D eigenvalue weighted by Crippen LogP contribution is 2.22. The van der Waals surface area contributed by atoms with E-state index in [1.165, 1.54) is 6.33 Å². The van der Waals surface area contributed by atoms with Crippen molar-refractivity contribution in [2.75, 3.05) is 5.73 Å². The second-order valence-corrected chi connectivity index (χ2v) is 4.87. The molecular formula is C11H14IN5O. The summed E-state index contributed by atoms with van der Waals surface area (Å²) in [5.74, 6) is 0.530. The SMILES string of the molecule is CCc1nn(-c2nc[nH]c(=O)c2I)c(CC)c1N. The first kappa shape index (κ1) is 13.1. The molecule has 0 aromatic carbocycles. The molecule has 0 fully saturated rings. The number of aryl methyl sites for hydroxylation is 1. The van der Waals surface area contributed by atoms with Gasteiger partial charge in [-0.25, -0.2) is 9.67 Å². The number of hydrogen-bond donors (Lipinski definition) is 2. The Morgan fingerprint density at radius 2 is 2.17 bits per heavy atom. The Labute approximate surface area is 118 Å². The Morgan fingerprint density at radius 3 is 2.78 bits per heavy atom. The number of aromatic nitrogens is 4. The van der Waals surface area contributed by atoms with Gasteiger partial charge in [0.05, 0.1) is 23.4 Å². The lowest BCUT2D eigenvalue weighted by Gasteiger charge is -2.06. The minimum absolute atomic E-state index is 0.172. The first-order chi connectivity index (χ1) is 8.60. The normalized spacial score (nSPS) is 10.8. The maximum Gasteiger partial charge on any atom is 0.266 e. The molecule has 2 heterocycles. The number of hydrogen-bond acceptors (Lipinski definition) is 4. The molecular weight excluding hydrogens is 345 g/mol. The second kappa shape index (κ2) is 5.09. The maximum absolute atomic E-state index is 11.6. The highest BCUT2D eigenvalue weighted by atomic mass is 127. The van der Waals surface area contributed by atoms with Gasteiger partial charge in [-0.2, -0.15) is 5.10 Å². The van der Waals surface area contributed by atoms with Crippen LogP contribution in [0.4, 0.5) is 5.69 Å². The summed E-state index contributed by atoms with van der Waals surface area (Å²) in [4.78, 5) is 18.3. The summed E-state index contributed by atoms with van der Waals surface area (Å²) in [5.41, 5.74) is 8.30. The van der Waals surface area contributed by atoms with E-state index >= 15 is 0 Å². The number of nitrogens with one attached hydrogen (secondary N) is 1. The number of halogens is 1. The van der Waals surface area contributed by atoms with Crippen molar-refractivity contribution in [2.45, 2.75) is 26.7 Å². The molecule has 0 saturated carbocycles. The first-order valence-electron chi connectivity index (χ1n) is 5.69. The number of H-pyrrole nitrogens is 1. The van der Waals surface area contributed by atoms with Crippen molar-refractivity contribution in [3.63, 3.8) is 0 Å². The predicted molar refractivity (Wildman–Crippen MR) is 77.9 cm³/mol. The molecule has 2 aromatic rings. The van der Waals surface area contributed by atoms with E-state index in [2.05, 4.69) is 15.1 Å². The molecule has 0 saturated heterocycles. The lowest BCUT2D eigenvalue weighted by molar-refractivity contribution is 0.761. The van der Waals surface area contributed by atoms with Crippen LogP contribution < -0.4 is 11.3 Å². The lowest BCUT2D eigenvalue weighted by atomic mass is 10.2. The third-order valence-electron chi connectivity index (χ3n) is 2.75. The van der Waals surface area contributed by atoms with Crippen LogP contribution in [0.2, 0.25) is 0 Å². The average molecular weight is 359 g/mol. The van der Waals surface area contributed by atoms with Gasteiger partial charge in [0, 0.05) is 0 Å². The maximum atomic E-state index is 11.6. The van der Waals surface area contributed by atoms with Crippen LogP contribution in [0.3, 0.4) is 0 Å². The fourth-order valence-corrected chi connectivity index (χ4v) is 2.34. The van der Waals surface area contributed by atoms with Gasteiger partial charge in [0.1, 0.15) is 3.57 Å². The second-order valence-electron chi connectivity index (χ2n) is 3.80. The van der Waals surface area contributed by atoms with Crippen LogP contribution in [-0.2, 0) is 12.8 Å². The minimum Gasteiger partial charge on any atom is -0.396 e. The molecule has 18 heavy (non-hydrogen) atoms. The van der Waals surface area contributed by atoms with Crippen LogP contribution in [0.5, 0.6) is 0 Å². The lowest BCUT2D eigenvalue weighted by Crippen LogP contribution is -2.17. The van der Waals surface area contributed by atoms with Gasteiger partial charge in [-0.05, 0) is 35.4 Å². The van der Waals surface area contributed by atoms with Gasteiger partial charge in [0.25, 0.3) is 5.56 Å². The van der Waals surface area contributed by atoms with Crippen molar-refractivity contribution in [1.29, 1.82) is 0 Å². The first-order valence-corrected chi connectivity index (χ1v) is 6.77. The van der Waals surface area contributed by atoms with Gasteiger partial charge >= 0.3 is 0 Å². The fraction of sp³-hybridized carbons (Fsp3) is 0.364. The molecule has 2 aromatic heterocycles. The average Bonchev–Trinajstić information content (AvgIpc) is 2.69. The molecule has 0 atom stereocenters. The Morgan fingerprint density at radius 1 is 1.44 bits per heavy atom. The number of anilines is 1. The van der Waals surface area contributed by atoms with Crippen molar-refractivity contribution >= 4 is 28.3 Å². The zero-order chi connectivity index (χ0) is 13.3. The fourth-order valence-electron chi connectivity index (χ4n) is 1.81. The van der Waals surface area contributed by atoms with Gasteiger partial charge in [-0.3, -0.25) is 4.79 Å². The summed E-state index contributed by atoms with van der Waals surface area (Å²) >= 11 is 1.97. The highest BCUT2D eigenvalue weighted by molar-refractivity contribution is 14.1. The molecule has 0 aliphatic carbocycles. The monoisotopic (exact) mass is 359 g/mol. The summed E-state index contributed by atoms with van der Waals surface area (Å²) in [6.07, 6.45) is 2.87. The van der Waals surface area contributed by atoms with Gasteiger partial charge in [0.2, 0.25) is 0 Å². The number of nitrogen functional groups attached to an aromatic ring is 1. The van der Waals surface area contributed by atoms with Crippen LogP contribution in [0.15, 0.2) is 11.1 Å². The third-order valence-corrected chi connectivity index (χ3v) is 3.72. The topological polar surface area (TPSA) is 89.6 Å². The Bertz CT molecular complexity index is 631. The van der Waals surface area contributed by atoms with Gasteiger partial charge in [-0.1, -0.05) is 13.8 Å². The number of nitrogens with zero attached hydrogens (tertiary/aromatic N) is 3. The molecule has 0 aliphatic heterocycles. The van der Waals surface area contributed by atoms with E-state index in [1.54, 1.807) is 4.68 Å². The Kier molecular flexibility index (Phi) is 3.69. The molecule has 0 unspecified atom stereocenters. The molecule has 0 amide bonds. The molecule has 6 nitrogen and oxygen atoms in total. The van der Waals surface area contributed by atoms with Crippen molar-refractivity contribution in [1.82, 2.24) is 19.7 Å². The van der Waals surface area contributed by atoms with E-state index in [0.717, 1.165) is 24.2 Å². The zero-order valence-corrected chi connectivity index (χ0v) is 12.4. The Balaban J connectivity index is 2.71. The number of aromatic amines is 1. The highest BCUT2D eigenvalue weighted by Gasteiger charge is 2.17. The zero-order valence-electron chi connectivity index (χ0n) is 10.2. The predicted octanol–water partition coefficient (Wildman–Crippen LogP) is 1.27. The summed E-state index contributed by atoms with van der Waals surface area (Å²) in [6, 6.07) is 0. The van der Waals surface area contributed by atoms with Crippen molar-refractivity contribution in [2.24, 2.45) is 0 Å². The van der Waals surface area contributed by atoms with E-state index < -0.39 is 0 Å². The molecule has 0 bridgehead atoms. The van der Waals surface area contributed by atoms with Crippen LogP contribution >= 0.6 is 22.6 Å². The number of rotatable bonds is 3. The molecule has 0 radical (unpaired) electrons. The van der Waals surface area contributed by atoms with Gasteiger partial charge in [-0.15, -0.1) is 0 Å². The van der Waals surface area contributed by atoms with Gasteiger partial charge in [0.15, 0.2) is 5.82 Å². The summed E-state index contributed by atoms with van der Waals surface area (Å²) in [5, 5.41) is 4.44. The molecule has 96 valence electrons. The number of nitrogens with two attached hydrogens (primary N) is 1.